The highest BCUT2D eigenvalue weighted by Crippen LogP contribution is 2.51. The van der Waals surface area contributed by atoms with Crippen LogP contribution in [0.1, 0.15) is 16.7 Å². The first-order valence-corrected chi connectivity index (χ1v) is 28.0. The lowest BCUT2D eigenvalue weighted by molar-refractivity contribution is -0.141. The molecule has 1 aromatic carbocycles. The summed E-state index contributed by atoms with van der Waals surface area (Å²) in [6.45, 7) is 49.3. The lowest BCUT2D eigenvalue weighted by Crippen LogP contribution is -2.67. The van der Waals surface area contributed by atoms with Gasteiger partial charge in [-0.15, -0.1) is 59.2 Å². The summed E-state index contributed by atoms with van der Waals surface area (Å²) in [4.78, 5) is 43.6. The molecule has 0 radical (unpaired) electrons. The Kier molecular flexibility index (Phi) is 16.5. The minimum absolute atomic E-state index is 0.587. The van der Waals surface area contributed by atoms with E-state index in [1.54, 1.807) is 0 Å². The molecule has 0 bridgehead atoms. The van der Waals surface area contributed by atoms with Crippen molar-refractivity contribution in [1.29, 1.82) is 0 Å². The monoisotopic (exact) mass is 1090 g/mol. The summed E-state index contributed by atoms with van der Waals surface area (Å²) in [6, 6.07) is 7.55. The molecule has 18 nitrogen and oxygen atoms in total. The minimum Gasteiger partial charge on any atom is -0.355 e. The molecular weight excluding hydrogens is 1010 g/mol. The van der Waals surface area contributed by atoms with Crippen LogP contribution >= 0.6 is 0 Å². The van der Waals surface area contributed by atoms with Gasteiger partial charge in [0.25, 0.3) is 0 Å². The second-order valence-electron chi connectivity index (χ2n) is 21.4. The average molecular weight is 1090 g/mol. The van der Waals surface area contributed by atoms with Gasteiger partial charge in [0.2, 0.25) is 17.4 Å². The second-order valence-corrected chi connectivity index (χ2v) is 21.4. The van der Waals surface area contributed by atoms with E-state index in [1.165, 1.54) is 0 Å². The van der Waals surface area contributed by atoms with Crippen molar-refractivity contribution in [3.63, 3.8) is 0 Å². The Bertz CT molecular complexity index is 2240. The van der Waals surface area contributed by atoms with Crippen molar-refractivity contribution in [3.8, 4) is 0 Å². The van der Waals surface area contributed by atoms with Gasteiger partial charge in [-0.2, -0.15) is 0 Å². The predicted molar refractivity (Wildman–Crippen MR) is 326 cm³/mol. The fraction of sp³-hybridized carbons (Fsp3) is 0.333. The second kappa shape index (κ2) is 24.1. The first-order valence-electron chi connectivity index (χ1n) is 28.0. The molecule has 81 heavy (non-hydrogen) atoms. The molecule has 9 aliphatic rings. The third-order valence-electron chi connectivity index (χ3n) is 16.1. The van der Waals surface area contributed by atoms with E-state index in [4.69, 9.17) is 0 Å². The van der Waals surface area contributed by atoms with Crippen LogP contribution in [-0.4, -0.2) is 207 Å². The van der Waals surface area contributed by atoms with Crippen LogP contribution in [0.25, 0.3) is 0 Å². The molecule has 0 fully saturated rings. The normalized spacial score (nSPS) is 19.4. The third kappa shape index (κ3) is 10.1. The Morgan fingerprint density at radius 3 is 0.457 bits per heavy atom. The molecule has 9 aliphatic heterocycles. The number of hydrogen-bond donors (Lipinski definition) is 0. The molecule has 426 valence electrons. The molecule has 0 atom stereocenters. The Hall–Kier alpha value is -9.06. The summed E-state index contributed by atoms with van der Waals surface area (Å²) in [7, 11) is 0. The maximum atomic E-state index is 4.21. The molecule has 0 unspecified atom stereocenters. The molecule has 0 spiro atoms. The summed E-state index contributed by atoms with van der Waals surface area (Å²) in [5.74, 6) is -3.05. The first-order chi connectivity index (χ1) is 39.6. The molecule has 9 heterocycles. The summed E-state index contributed by atoms with van der Waals surface area (Å²) in [5.41, 5.74) is 3.20. The Labute approximate surface area is 482 Å². The molecule has 1 aromatic rings. The van der Waals surface area contributed by atoms with E-state index in [0.29, 0.717) is 119 Å². The van der Waals surface area contributed by atoms with Crippen molar-refractivity contribution < 1.29 is 0 Å². The summed E-state index contributed by atoms with van der Waals surface area (Å²) in [6.07, 6.45) is 58.2. The van der Waals surface area contributed by atoms with E-state index in [9.17, 15) is 0 Å². The van der Waals surface area contributed by atoms with Crippen molar-refractivity contribution in [3.05, 3.63) is 260 Å². The van der Waals surface area contributed by atoms with Crippen LogP contribution in [0.2, 0.25) is 0 Å². The van der Waals surface area contributed by atoms with E-state index in [0.717, 1.165) is 16.7 Å². The van der Waals surface area contributed by atoms with Gasteiger partial charge in [0.1, 0.15) is 0 Å². The van der Waals surface area contributed by atoms with Crippen LogP contribution < -0.4 is 0 Å². The van der Waals surface area contributed by atoms with Crippen molar-refractivity contribution in [2.75, 3.05) is 119 Å². The highest BCUT2D eigenvalue weighted by Gasteiger charge is 2.58. The van der Waals surface area contributed by atoms with Crippen molar-refractivity contribution >= 4 is 0 Å². The largest absolute Gasteiger partial charge is 0.355 e. The van der Waals surface area contributed by atoms with E-state index >= 15 is 0 Å². The zero-order chi connectivity index (χ0) is 56.6. The lowest BCUT2D eigenvalue weighted by Gasteiger charge is -2.57. The molecule has 10 rings (SSSR count). The highest BCUT2D eigenvalue weighted by molar-refractivity contribution is 5.45. The maximum absolute atomic E-state index is 4.21. The van der Waals surface area contributed by atoms with Crippen LogP contribution in [0, 0.1) is 0 Å². The minimum atomic E-state index is -1.02. The number of benzene rings is 1. The van der Waals surface area contributed by atoms with E-state index in [2.05, 4.69) is 277 Å². The molecular formula is C63H84N18. The predicted octanol–water partition coefficient (Wildman–Crippen LogP) is 7.11. The van der Waals surface area contributed by atoms with Crippen molar-refractivity contribution in [2.45, 2.75) is 17.4 Å². The highest BCUT2D eigenvalue weighted by atomic mass is 15.7. The van der Waals surface area contributed by atoms with Gasteiger partial charge in [0.05, 0.1) is 60.0 Å². The van der Waals surface area contributed by atoms with Gasteiger partial charge in [-0.25, -0.2) is 0 Å². The maximum Gasteiger partial charge on any atom is 0.223 e. The van der Waals surface area contributed by atoms with Gasteiger partial charge >= 0.3 is 0 Å². The number of rotatable bonds is 30. The molecule has 0 saturated heterocycles. The van der Waals surface area contributed by atoms with Gasteiger partial charge in [-0.3, -0.25) is 0 Å². The topological polar surface area (TPSA) is 58.3 Å². The average Bonchev–Trinajstić information content (AvgIpc) is 4.41. The zero-order valence-corrected chi connectivity index (χ0v) is 47.5. The van der Waals surface area contributed by atoms with E-state index in [1.807, 2.05) is 54.7 Å². The smallest absolute Gasteiger partial charge is 0.223 e. The SMILES string of the molecule is C=CCN1C=CN(C(c2cc(C(N3C=CN(CC=C)C3)(N3C=CN(CC=C)C3)N3C=CN(CC=C)C3)cc(C(N3C=CN(CC=C)C3)(N3C=CN(CC=C)C3)N3C=CN(CC=C)C3)c2)(N2C=CN(CC=C)C2)N2C=CN(CC=C)C2)C1. The van der Waals surface area contributed by atoms with Crippen molar-refractivity contribution in [2.24, 2.45) is 0 Å². The zero-order valence-electron chi connectivity index (χ0n) is 47.5. The van der Waals surface area contributed by atoms with Crippen LogP contribution in [0.4, 0.5) is 0 Å². The summed E-state index contributed by atoms with van der Waals surface area (Å²) in [5, 5.41) is 0. The third-order valence-corrected chi connectivity index (χ3v) is 16.1. The first kappa shape index (κ1) is 55.3. The summed E-state index contributed by atoms with van der Waals surface area (Å²) >= 11 is 0. The van der Waals surface area contributed by atoms with Crippen LogP contribution in [0.15, 0.2) is 244 Å². The van der Waals surface area contributed by atoms with E-state index in [-0.39, 0.29) is 0 Å². The Morgan fingerprint density at radius 2 is 0.346 bits per heavy atom. The van der Waals surface area contributed by atoms with Gasteiger partial charge in [0, 0.05) is 187 Å². The van der Waals surface area contributed by atoms with Gasteiger partial charge in [0.15, 0.2) is 0 Å². The number of hydrogen-bond acceptors (Lipinski definition) is 18. The van der Waals surface area contributed by atoms with Crippen LogP contribution in [0.3, 0.4) is 0 Å². The number of nitrogens with zero attached hydrogens (tertiary/aromatic N) is 18. The Balaban J connectivity index is 1.35. The van der Waals surface area contributed by atoms with E-state index < -0.39 is 17.4 Å². The molecule has 18 heteroatoms. The fourth-order valence-corrected chi connectivity index (χ4v) is 12.8. The van der Waals surface area contributed by atoms with Gasteiger partial charge < -0.3 is 88.2 Å². The lowest BCUT2D eigenvalue weighted by atomic mass is 9.89. The van der Waals surface area contributed by atoms with Crippen LogP contribution in [-0.2, 0) is 17.4 Å². The van der Waals surface area contributed by atoms with Gasteiger partial charge in [-0.1, -0.05) is 54.7 Å². The van der Waals surface area contributed by atoms with Crippen LogP contribution in [0.5, 0.6) is 0 Å². The van der Waals surface area contributed by atoms with Gasteiger partial charge in [-0.05, 0) is 18.2 Å². The molecule has 0 aliphatic carbocycles. The molecule has 0 aromatic heterocycles. The Morgan fingerprint density at radius 1 is 0.222 bits per heavy atom. The summed E-state index contributed by atoms with van der Waals surface area (Å²) < 4.78 is 0. The van der Waals surface area contributed by atoms with Crippen molar-refractivity contribution in [1.82, 2.24) is 88.2 Å². The quantitative estimate of drug-likeness (QED) is 0.0736. The molecule has 0 amide bonds. The fourth-order valence-electron chi connectivity index (χ4n) is 12.8. The molecule has 0 N–H and O–H groups in total. The standard InChI is InChI=1S/C63H84N18/c1-10-19-64-28-37-73(49-64)61(74-38-29-65(50-74)20-11-2,75-39-30-66(51-75)21-12-3)58-46-59(62(76-40-31-67(52-76)22-13-4,77-41-32-68(53-77)23-14-5)78-42-33-69(54-78)24-15-6)48-60(47-58)63(79-43-34-70(55-79)25-16-7,80-44-35-71(56-80)26-17-8)81-45-36-72(57-81)27-18-9/h10-18,28-48H,1-9,19-27,49-57H2. The molecule has 0 saturated carbocycles.